The summed E-state index contributed by atoms with van der Waals surface area (Å²) < 4.78 is 6.12. The van der Waals surface area contributed by atoms with Gasteiger partial charge in [0.2, 0.25) is 0 Å². The van der Waals surface area contributed by atoms with Gasteiger partial charge in [-0.2, -0.15) is 0 Å². The van der Waals surface area contributed by atoms with Crippen molar-refractivity contribution in [3.05, 3.63) is 97.1 Å². The normalized spacial score (nSPS) is 12.5. The van der Waals surface area contributed by atoms with Gasteiger partial charge in [-0.05, 0) is 58.0 Å². The summed E-state index contributed by atoms with van der Waals surface area (Å²) in [5, 5.41) is 5.02. The quantitative estimate of drug-likeness (QED) is 0.274. The first-order chi connectivity index (χ1) is 14.9. The third kappa shape index (κ3) is 2.20. The van der Waals surface area contributed by atoms with Crippen molar-refractivity contribution in [3.8, 4) is 22.3 Å². The first kappa shape index (κ1) is 16.3. The maximum Gasteiger partial charge on any atom is 0.136 e. The lowest BCUT2D eigenvalue weighted by Crippen LogP contribution is -1.93. The molecule has 0 saturated carbocycles. The summed E-state index contributed by atoms with van der Waals surface area (Å²) in [5.41, 5.74) is 6.95. The predicted molar refractivity (Wildman–Crippen MR) is 126 cm³/mol. The number of furan rings is 1. The van der Waals surface area contributed by atoms with Crippen LogP contribution in [0, 0.1) is 0 Å². The van der Waals surface area contributed by atoms with Crippen LogP contribution in [-0.4, -0.2) is 0 Å². The van der Waals surface area contributed by atoms with Crippen LogP contribution in [0.2, 0.25) is 0 Å². The molecule has 0 radical (unpaired) electrons. The number of hydrogen-bond acceptors (Lipinski definition) is 2. The second-order valence-corrected chi connectivity index (χ2v) is 8.83. The predicted octanol–water partition coefficient (Wildman–Crippen LogP) is 8.54. The van der Waals surface area contributed by atoms with Gasteiger partial charge in [0.05, 0.1) is 0 Å². The highest BCUT2D eigenvalue weighted by Crippen LogP contribution is 2.49. The van der Waals surface area contributed by atoms with Gasteiger partial charge in [-0.3, -0.25) is 0 Å². The molecule has 2 heterocycles. The zero-order valence-corrected chi connectivity index (χ0v) is 16.9. The van der Waals surface area contributed by atoms with Crippen molar-refractivity contribution in [2.45, 2.75) is 9.79 Å². The van der Waals surface area contributed by atoms with E-state index in [1.54, 1.807) is 0 Å². The van der Waals surface area contributed by atoms with E-state index in [0.717, 1.165) is 11.2 Å². The number of hydrogen-bond donors (Lipinski definition) is 0. The number of benzene rings is 5. The zero-order valence-electron chi connectivity index (χ0n) is 16.1. The average molecular weight is 401 g/mol. The van der Waals surface area contributed by atoms with Crippen LogP contribution < -0.4 is 0 Å². The lowest BCUT2D eigenvalue weighted by molar-refractivity contribution is 0.669. The highest BCUT2D eigenvalue weighted by molar-refractivity contribution is 7.99. The molecule has 2 heteroatoms. The maximum absolute atomic E-state index is 6.12. The fraction of sp³-hybridized carbons (Fsp3) is 0. The van der Waals surface area contributed by atoms with Crippen molar-refractivity contribution >= 4 is 44.5 Å². The van der Waals surface area contributed by atoms with Crippen molar-refractivity contribution in [2.75, 3.05) is 0 Å². The second kappa shape index (κ2) is 6.01. The molecule has 1 aliphatic heterocycles. The average Bonchev–Trinajstić information content (AvgIpc) is 3.18. The van der Waals surface area contributed by atoms with Gasteiger partial charge in [0, 0.05) is 25.9 Å². The van der Waals surface area contributed by atoms with E-state index >= 15 is 0 Å². The number of para-hydroxylation sites is 1. The molecule has 0 spiro atoms. The molecule has 1 nitrogen and oxygen atoms in total. The molecular formula is C28H16OS. The fourth-order valence-corrected chi connectivity index (χ4v) is 5.88. The molecule has 30 heavy (non-hydrogen) atoms. The third-order valence-electron chi connectivity index (χ3n) is 6.07. The Morgan fingerprint density at radius 1 is 0.533 bits per heavy atom. The largest absolute Gasteiger partial charge is 0.456 e. The lowest BCUT2D eigenvalue weighted by Gasteiger charge is -2.21. The first-order valence-corrected chi connectivity index (χ1v) is 10.9. The molecule has 1 aromatic heterocycles. The molecule has 0 atom stereocenters. The summed E-state index contributed by atoms with van der Waals surface area (Å²) in [6, 6.07) is 34.7. The van der Waals surface area contributed by atoms with Crippen LogP contribution in [0.25, 0.3) is 55.0 Å². The molecule has 6 aromatic rings. The molecule has 0 amide bonds. The standard InChI is InChI=1S/C28H16OS/c1-2-11-23-21(8-1)28-19(9-5-12-24(28)29-23)18-14-15-25-22(16-18)20-10-3-6-17-7-4-13-26(30-25)27(17)20/h1-16H. The summed E-state index contributed by atoms with van der Waals surface area (Å²) in [4.78, 5) is 2.65. The van der Waals surface area contributed by atoms with E-state index in [1.165, 1.54) is 53.6 Å². The van der Waals surface area contributed by atoms with Gasteiger partial charge < -0.3 is 4.42 Å². The van der Waals surface area contributed by atoms with Gasteiger partial charge >= 0.3 is 0 Å². The van der Waals surface area contributed by atoms with E-state index < -0.39 is 0 Å². The van der Waals surface area contributed by atoms with Gasteiger partial charge in [-0.15, -0.1) is 0 Å². The Morgan fingerprint density at radius 3 is 2.30 bits per heavy atom. The molecule has 0 N–H and O–H groups in total. The third-order valence-corrected chi connectivity index (χ3v) is 7.21. The van der Waals surface area contributed by atoms with Gasteiger partial charge in [0.15, 0.2) is 0 Å². The first-order valence-electron chi connectivity index (χ1n) is 10.1. The number of fused-ring (bicyclic) bond motifs is 5. The molecule has 5 aromatic carbocycles. The Bertz CT molecular complexity index is 1620. The molecule has 1 aliphatic rings. The van der Waals surface area contributed by atoms with Crippen LogP contribution >= 0.6 is 11.8 Å². The van der Waals surface area contributed by atoms with Gasteiger partial charge in [-0.1, -0.05) is 78.5 Å². The summed E-state index contributed by atoms with van der Waals surface area (Å²) in [7, 11) is 0. The molecule has 0 fully saturated rings. The van der Waals surface area contributed by atoms with Crippen molar-refractivity contribution < 1.29 is 4.42 Å². The summed E-state index contributed by atoms with van der Waals surface area (Å²) in [5.74, 6) is 0. The van der Waals surface area contributed by atoms with Crippen molar-refractivity contribution in [1.29, 1.82) is 0 Å². The summed E-state index contributed by atoms with van der Waals surface area (Å²) in [6.45, 7) is 0. The number of rotatable bonds is 1. The minimum absolute atomic E-state index is 0.937. The van der Waals surface area contributed by atoms with Crippen molar-refractivity contribution in [2.24, 2.45) is 0 Å². The Labute approximate surface area is 178 Å². The second-order valence-electron chi connectivity index (χ2n) is 7.75. The van der Waals surface area contributed by atoms with E-state index in [-0.39, 0.29) is 0 Å². The summed E-state index contributed by atoms with van der Waals surface area (Å²) >= 11 is 1.87. The minimum atomic E-state index is 0.937. The van der Waals surface area contributed by atoms with E-state index in [0.29, 0.717) is 0 Å². The van der Waals surface area contributed by atoms with Crippen LogP contribution in [0.4, 0.5) is 0 Å². The summed E-state index contributed by atoms with van der Waals surface area (Å²) in [6.07, 6.45) is 0. The van der Waals surface area contributed by atoms with Crippen LogP contribution in [0.15, 0.2) is 111 Å². The van der Waals surface area contributed by atoms with Crippen molar-refractivity contribution in [1.82, 2.24) is 0 Å². The van der Waals surface area contributed by atoms with Crippen molar-refractivity contribution in [3.63, 3.8) is 0 Å². The smallest absolute Gasteiger partial charge is 0.136 e. The Balaban J connectivity index is 1.52. The molecule has 0 bridgehead atoms. The molecule has 7 rings (SSSR count). The highest BCUT2D eigenvalue weighted by Gasteiger charge is 2.20. The molecule has 140 valence electrons. The Kier molecular flexibility index (Phi) is 3.27. The molecular weight excluding hydrogens is 384 g/mol. The molecule has 0 saturated heterocycles. The lowest BCUT2D eigenvalue weighted by atomic mass is 9.93. The molecule has 0 unspecified atom stereocenters. The highest BCUT2D eigenvalue weighted by atomic mass is 32.2. The van der Waals surface area contributed by atoms with Crippen LogP contribution in [0.1, 0.15) is 0 Å². The fourth-order valence-electron chi connectivity index (χ4n) is 4.75. The van der Waals surface area contributed by atoms with Gasteiger partial charge in [0.1, 0.15) is 11.2 Å². The topological polar surface area (TPSA) is 13.1 Å². The minimum Gasteiger partial charge on any atom is -0.456 e. The van der Waals surface area contributed by atoms with E-state index in [1.807, 2.05) is 23.9 Å². The van der Waals surface area contributed by atoms with Crippen LogP contribution in [0.3, 0.4) is 0 Å². The maximum atomic E-state index is 6.12. The van der Waals surface area contributed by atoms with E-state index in [4.69, 9.17) is 4.42 Å². The SMILES string of the molecule is c1cc2c3c(cccc3c1)-c1cc(-c3cccc4oc5ccccc5c34)ccc1S2. The van der Waals surface area contributed by atoms with E-state index in [9.17, 15) is 0 Å². The van der Waals surface area contributed by atoms with Crippen LogP contribution in [0.5, 0.6) is 0 Å². The van der Waals surface area contributed by atoms with E-state index in [2.05, 4.69) is 84.9 Å². The Hall–Kier alpha value is -3.49. The monoisotopic (exact) mass is 400 g/mol. The zero-order chi connectivity index (χ0) is 19.7. The Morgan fingerprint density at radius 2 is 1.33 bits per heavy atom. The molecule has 0 aliphatic carbocycles. The van der Waals surface area contributed by atoms with Crippen LogP contribution in [-0.2, 0) is 0 Å². The van der Waals surface area contributed by atoms with Gasteiger partial charge in [0.25, 0.3) is 0 Å². The van der Waals surface area contributed by atoms with Gasteiger partial charge in [-0.25, -0.2) is 0 Å².